The van der Waals surface area contributed by atoms with Gasteiger partial charge in [0.25, 0.3) is 0 Å². The molecule has 1 aliphatic heterocycles. The molecule has 4 heteroatoms. The van der Waals surface area contributed by atoms with E-state index in [0.717, 1.165) is 32.4 Å². The van der Waals surface area contributed by atoms with E-state index in [1.54, 1.807) is 0 Å². The van der Waals surface area contributed by atoms with Gasteiger partial charge in [0.1, 0.15) is 0 Å². The molecule has 4 nitrogen and oxygen atoms in total. The lowest BCUT2D eigenvalue weighted by molar-refractivity contribution is -0.140. The van der Waals surface area contributed by atoms with Gasteiger partial charge in [0.05, 0.1) is 11.8 Å². The summed E-state index contributed by atoms with van der Waals surface area (Å²) in [6, 6.07) is 0. The molecule has 0 bridgehead atoms. The normalized spacial score (nSPS) is 30.5. The molecule has 0 radical (unpaired) electrons. The molecule has 2 fully saturated rings. The quantitative estimate of drug-likeness (QED) is 0.587. The standard InChI is InChI=1S/C15H26N2O2/c1-10(2)9-16-5-4-6-17-14(18)12-7-11(3)8-13(12)15(17)19/h10-13,16H,4-9H2,1-3H3. The molecule has 19 heavy (non-hydrogen) atoms. The lowest BCUT2D eigenvalue weighted by Gasteiger charge is -2.17. The predicted molar refractivity (Wildman–Crippen MR) is 74.4 cm³/mol. The highest BCUT2D eigenvalue weighted by Crippen LogP contribution is 2.42. The molecule has 0 aromatic carbocycles. The maximum absolute atomic E-state index is 12.2. The van der Waals surface area contributed by atoms with Gasteiger partial charge in [-0.05, 0) is 44.2 Å². The molecule has 1 saturated carbocycles. The van der Waals surface area contributed by atoms with Crippen LogP contribution in [-0.4, -0.2) is 36.3 Å². The van der Waals surface area contributed by atoms with Crippen LogP contribution in [0.4, 0.5) is 0 Å². The molecule has 108 valence electrons. The van der Waals surface area contributed by atoms with Gasteiger partial charge in [0.2, 0.25) is 11.8 Å². The van der Waals surface area contributed by atoms with Gasteiger partial charge >= 0.3 is 0 Å². The third-order valence-corrected chi connectivity index (χ3v) is 4.25. The first-order valence-electron chi connectivity index (χ1n) is 7.56. The first-order valence-corrected chi connectivity index (χ1v) is 7.56. The number of amides is 2. The largest absolute Gasteiger partial charge is 0.316 e. The summed E-state index contributed by atoms with van der Waals surface area (Å²) >= 11 is 0. The number of carbonyl (C=O) groups excluding carboxylic acids is 2. The number of rotatable bonds is 6. The van der Waals surface area contributed by atoms with Crippen molar-refractivity contribution in [3.05, 3.63) is 0 Å². The Morgan fingerprint density at radius 1 is 1.21 bits per heavy atom. The van der Waals surface area contributed by atoms with Gasteiger partial charge in [-0.2, -0.15) is 0 Å². The molecule has 0 aromatic heterocycles. The van der Waals surface area contributed by atoms with E-state index >= 15 is 0 Å². The molecule has 0 spiro atoms. The third kappa shape index (κ3) is 3.16. The fourth-order valence-electron chi connectivity index (χ4n) is 3.32. The molecule has 0 aromatic rings. The van der Waals surface area contributed by atoms with Crippen LogP contribution in [0.5, 0.6) is 0 Å². The van der Waals surface area contributed by atoms with Crippen LogP contribution in [0.15, 0.2) is 0 Å². The highest BCUT2D eigenvalue weighted by molar-refractivity contribution is 6.05. The Kier molecular flexibility index (Phi) is 4.61. The van der Waals surface area contributed by atoms with E-state index in [4.69, 9.17) is 0 Å². The molecule has 2 amide bonds. The lowest BCUT2D eigenvalue weighted by Crippen LogP contribution is -2.34. The summed E-state index contributed by atoms with van der Waals surface area (Å²) in [6.07, 6.45) is 2.66. The summed E-state index contributed by atoms with van der Waals surface area (Å²) in [6.45, 7) is 8.93. The first-order chi connectivity index (χ1) is 9.00. The minimum absolute atomic E-state index is 0.00822. The van der Waals surface area contributed by atoms with Gasteiger partial charge in [0, 0.05) is 6.54 Å². The molecular weight excluding hydrogens is 240 g/mol. The number of carbonyl (C=O) groups is 2. The second-order valence-electron chi connectivity index (χ2n) is 6.57. The Bertz CT molecular complexity index is 330. The fraction of sp³-hybridized carbons (Fsp3) is 0.867. The number of nitrogens with zero attached hydrogens (tertiary/aromatic N) is 1. The molecule has 1 N–H and O–H groups in total. The number of imide groups is 1. The summed E-state index contributed by atoms with van der Waals surface area (Å²) in [7, 11) is 0. The molecule has 1 heterocycles. The third-order valence-electron chi connectivity index (χ3n) is 4.25. The van der Waals surface area contributed by atoms with Crippen molar-refractivity contribution in [3.63, 3.8) is 0 Å². The second kappa shape index (κ2) is 6.04. The Balaban J connectivity index is 1.76. The lowest BCUT2D eigenvalue weighted by atomic mass is 10.00. The fourth-order valence-corrected chi connectivity index (χ4v) is 3.32. The van der Waals surface area contributed by atoms with E-state index in [2.05, 4.69) is 26.1 Å². The van der Waals surface area contributed by atoms with E-state index in [-0.39, 0.29) is 23.7 Å². The number of likely N-dealkylation sites (tertiary alicyclic amines) is 1. The van der Waals surface area contributed by atoms with Crippen LogP contribution in [0.25, 0.3) is 0 Å². The van der Waals surface area contributed by atoms with Crippen molar-refractivity contribution in [3.8, 4) is 0 Å². The number of nitrogens with one attached hydrogen (secondary N) is 1. The average molecular weight is 266 g/mol. The summed E-state index contributed by atoms with van der Waals surface area (Å²) in [5.41, 5.74) is 0. The Hall–Kier alpha value is -0.900. The smallest absolute Gasteiger partial charge is 0.233 e. The minimum atomic E-state index is -0.00822. The van der Waals surface area contributed by atoms with Crippen molar-refractivity contribution in [2.45, 2.75) is 40.0 Å². The van der Waals surface area contributed by atoms with Crippen molar-refractivity contribution in [2.75, 3.05) is 19.6 Å². The van der Waals surface area contributed by atoms with Crippen molar-refractivity contribution in [2.24, 2.45) is 23.7 Å². The van der Waals surface area contributed by atoms with Crippen molar-refractivity contribution < 1.29 is 9.59 Å². The average Bonchev–Trinajstić information content (AvgIpc) is 2.81. The zero-order valence-corrected chi connectivity index (χ0v) is 12.3. The van der Waals surface area contributed by atoms with E-state index < -0.39 is 0 Å². The summed E-state index contributed by atoms with van der Waals surface area (Å²) in [4.78, 5) is 25.9. The molecular formula is C15H26N2O2. The van der Waals surface area contributed by atoms with Gasteiger partial charge in [-0.25, -0.2) is 0 Å². The Morgan fingerprint density at radius 2 is 1.79 bits per heavy atom. The minimum Gasteiger partial charge on any atom is -0.316 e. The summed E-state index contributed by atoms with van der Waals surface area (Å²) in [5, 5.41) is 3.35. The van der Waals surface area contributed by atoms with E-state index in [9.17, 15) is 9.59 Å². The molecule has 2 atom stereocenters. The Morgan fingerprint density at radius 3 is 2.32 bits per heavy atom. The molecule has 1 saturated heterocycles. The van der Waals surface area contributed by atoms with Crippen molar-refractivity contribution in [1.82, 2.24) is 10.2 Å². The highest BCUT2D eigenvalue weighted by Gasteiger charge is 2.51. The van der Waals surface area contributed by atoms with Crippen LogP contribution < -0.4 is 5.32 Å². The summed E-state index contributed by atoms with van der Waals surface area (Å²) in [5.74, 6) is 1.32. The molecule has 2 unspecified atom stereocenters. The van der Waals surface area contributed by atoms with Crippen LogP contribution in [-0.2, 0) is 9.59 Å². The monoisotopic (exact) mass is 266 g/mol. The summed E-state index contributed by atoms with van der Waals surface area (Å²) < 4.78 is 0. The van der Waals surface area contributed by atoms with Gasteiger partial charge in [-0.1, -0.05) is 20.8 Å². The van der Waals surface area contributed by atoms with E-state index in [1.165, 1.54) is 4.90 Å². The van der Waals surface area contributed by atoms with Gasteiger partial charge < -0.3 is 5.32 Å². The van der Waals surface area contributed by atoms with Gasteiger partial charge in [-0.3, -0.25) is 14.5 Å². The van der Waals surface area contributed by atoms with Gasteiger partial charge in [0.15, 0.2) is 0 Å². The number of hydrogen-bond donors (Lipinski definition) is 1. The maximum Gasteiger partial charge on any atom is 0.233 e. The van der Waals surface area contributed by atoms with Crippen LogP contribution >= 0.6 is 0 Å². The van der Waals surface area contributed by atoms with Crippen LogP contribution in [0.3, 0.4) is 0 Å². The topological polar surface area (TPSA) is 49.4 Å². The van der Waals surface area contributed by atoms with E-state index in [0.29, 0.717) is 18.4 Å². The molecule has 2 aliphatic rings. The number of hydrogen-bond acceptors (Lipinski definition) is 3. The van der Waals surface area contributed by atoms with Crippen LogP contribution in [0.2, 0.25) is 0 Å². The molecule has 1 aliphatic carbocycles. The van der Waals surface area contributed by atoms with Crippen molar-refractivity contribution >= 4 is 11.8 Å². The van der Waals surface area contributed by atoms with Crippen LogP contribution in [0, 0.1) is 23.7 Å². The number of fused-ring (bicyclic) bond motifs is 1. The van der Waals surface area contributed by atoms with Crippen LogP contribution in [0.1, 0.15) is 40.0 Å². The SMILES string of the molecule is CC(C)CNCCCN1C(=O)C2CC(C)CC2C1=O. The first kappa shape index (κ1) is 14.5. The highest BCUT2D eigenvalue weighted by atomic mass is 16.2. The van der Waals surface area contributed by atoms with Gasteiger partial charge in [-0.15, -0.1) is 0 Å². The zero-order chi connectivity index (χ0) is 14.0. The predicted octanol–water partition coefficient (Wildman–Crippen LogP) is 1.65. The zero-order valence-electron chi connectivity index (χ0n) is 12.3. The second-order valence-corrected chi connectivity index (χ2v) is 6.57. The Labute approximate surface area is 115 Å². The maximum atomic E-state index is 12.2. The van der Waals surface area contributed by atoms with E-state index in [1.807, 2.05) is 0 Å². The molecule has 2 rings (SSSR count). The van der Waals surface area contributed by atoms with Crippen molar-refractivity contribution in [1.29, 1.82) is 0 Å².